The molecule has 3 aromatic rings. The van der Waals surface area contributed by atoms with E-state index < -0.39 is 10.0 Å². The van der Waals surface area contributed by atoms with Crippen molar-refractivity contribution in [1.29, 1.82) is 0 Å². The van der Waals surface area contributed by atoms with Gasteiger partial charge in [-0.25, -0.2) is 13.1 Å². The minimum absolute atomic E-state index is 0.298. The van der Waals surface area contributed by atoms with Crippen molar-refractivity contribution in [2.75, 3.05) is 32.1 Å². The Kier molecular flexibility index (Phi) is 6.21. The summed E-state index contributed by atoms with van der Waals surface area (Å²) in [6.07, 6.45) is 0.559. The monoisotopic (exact) mass is 398 g/mol. The zero-order chi connectivity index (χ0) is 20.1. The van der Waals surface area contributed by atoms with Crippen molar-refractivity contribution in [2.24, 2.45) is 0 Å². The average Bonchev–Trinajstić information content (AvgIpc) is 2.68. The van der Waals surface area contributed by atoms with E-state index in [1.165, 1.54) is 0 Å². The van der Waals surface area contributed by atoms with Gasteiger partial charge in [0.25, 0.3) is 0 Å². The lowest BCUT2D eigenvalue weighted by molar-refractivity contribution is 0.336. The number of anilines is 1. The number of benzene rings is 3. The highest BCUT2D eigenvalue weighted by atomic mass is 32.2. The molecule has 0 fully saturated rings. The third-order valence-corrected chi connectivity index (χ3v) is 6.11. The van der Waals surface area contributed by atoms with Gasteiger partial charge in [-0.3, -0.25) is 0 Å². The number of nitrogens with one attached hydrogen (secondary N) is 1. The summed E-state index contributed by atoms with van der Waals surface area (Å²) in [5, 5.41) is 1.63. The van der Waals surface area contributed by atoms with Gasteiger partial charge in [0.05, 0.1) is 11.5 Å². The highest BCUT2D eigenvalue weighted by Crippen LogP contribution is 2.30. The van der Waals surface area contributed by atoms with Gasteiger partial charge in [-0.2, -0.15) is 0 Å². The molecule has 0 saturated carbocycles. The van der Waals surface area contributed by atoms with E-state index in [1.807, 2.05) is 74.4 Å². The molecule has 0 bridgehead atoms. The van der Waals surface area contributed by atoms with Crippen LogP contribution in [0, 0.1) is 0 Å². The number of hydrogen-bond donors (Lipinski definition) is 1. The summed E-state index contributed by atoms with van der Waals surface area (Å²) in [7, 11) is 0.263. The third-order valence-electron chi connectivity index (χ3n) is 4.59. The second-order valence-electron chi connectivity index (χ2n) is 6.71. The lowest BCUT2D eigenvalue weighted by Crippen LogP contribution is -2.26. The Hall–Kier alpha value is -2.57. The molecule has 0 amide bonds. The zero-order valence-electron chi connectivity index (χ0n) is 16.5. The van der Waals surface area contributed by atoms with Crippen LogP contribution in [0.4, 0.5) is 5.69 Å². The van der Waals surface area contributed by atoms with Crippen molar-refractivity contribution >= 4 is 26.5 Å². The van der Waals surface area contributed by atoms with Crippen LogP contribution in [-0.4, -0.2) is 35.7 Å². The molecule has 0 aliphatic rings. The van der Waals surface area contributed by atoms with Crippen molar-refractivity contribution in [1.82, 2.24) is 4.72 Å². The summed E-state index contributed by atoms with van der Waals surface area (Å²) in [5.41, 5.74) is 1.97. The maximum Gasteiger partial charge on any atom is 0.241 e. The molecular formula is C22H26N2O3S. The van der Waals surface area contributed by atoms with Crippen molar-refractivity contribution in [3.63, 3.8) is 0 Å². The number of para-hydroxylation sites is 1. The van der Waals surface area contributed by atoms with E-state index in [0.717, 1.165) is 27.8 Å². The smallest absolute Gasteiger partial charge is 0.241 e. The maximum absolute atomic E-state index is 13.0. The molecule has 28 heavy (non-hydrogen) atoms. The van der Waals surface area contributed by atoms with Gasteiger partial charge >= 0.3 is 0 Å². The summed E-state index contributed by atoms with van der Waals surface area (Å²) in [6, 6.07) is 18.8. The second kappa shape index (κ2) is 8.63. The summed E-state index contributed by atoms with van der Waals surface area (Å²) >= 11 is 0. The first-order chi connectivity index (χ1) is 13.4. The predicted molar refractivity (Wildman–Crippen MR) is 115 cm³/mol. The van der Waals surface area contributed by atoms with Crippen LogP contribution in [0.25, 0.3) is 10.8 Å². The van der Waals surface area contributed by atoms with Gasteiger partial charge in [0, 0.05) is 37.1 Å². The lowest BCUT2D eigenvalue weighted by atomic mass is 10.1. The molecular weight excluding hydrogens is 372 g/mol. The second-order valence-corrected chi connectivity index (χ2v) is 8.45. The van der Waals surface area contributed by atoms with Crippen LogP contribution in [0.5, 0.6) is 5.75 Å². The van der Waals surface area contributed by atoms with E-state index in [9.17, 15) is 8.42 Å². The predicted octanol–water partition coefficient (Wildman–Crippen LogP) is 3.83. The molecule has 0 aromatic heterocycles. The van der Waals surface area contributed by atoms with Crippen molar-refractivity contribution < 1.29 is 13.2 Å². The number of rotatable bonds is 8. The van der Waals surface area contributed by atoms with Gasteiger partial charge < -0.3 is 9.64 Å². The fraction of sp³-hybridized carbons (Fsp3) is 0.273. The van der Waals surface area contributed by atoms with E-state index in [2.05, 4.69) is 4.72 Å². The molecule has 3 aromatic carbocycles. The standard InChI is InChI=1S/C22H26N2O3S/c1-4-27-21-13-6-5-9-17(21)15-16-23-28(25,26)22-14-8-10-18-19(22)11-7-12-20(18)24(2)3/h5-14,23H,4,15-16H2,1-3H3. The number of sulfonamides is 1. The molecule has 0 unspecified atom stereocenters. The summed E-state index contributed by atoms with van der Waals surface area (Å²) in [4.78, 5) is 2.28. The largest absolute Gasteiger partial charge is 0.494 e. The van der Waals surface area contributed by atoms with Crippen LogP contribution in [-0.2, 0) is 16.4 Å². The first-order valence-corrected chi connectivity index (χ1v) is 10.8. The molecule has 0 aliphatic heterocycles. The molecule has 6 heteroatoms. The fourth-order valence-electron chi connectivity index (χ4n) is 3.29. The summed E-state index contributed by atoms with van der Waals surface area (Å²) in [6.45, 7) is 2.81. The normalized spacial score (nSPS) is 11.5. The molecule has 148 valence electrons. The Morgan fingerprint density at radius 3 is 2.39 bits per heavy atom. The highest BCUT2D eigenvalue weighted by molar-refractivity contribution is 7.89. The lowest BCUT2D eigenvalue weighted by Gasteiger charge is -2.17. The number of fused-ring (bicyclic) bond motifs is 1. The van der Waals surface area contributed by atoms with E-state index >= 15 is 0 Å². The minimum Gasteiger partial charge on any atom is -0.494 e. The van der Waals surface area contributed by atoms with Gasteiger partial charge in [-0.05, 0) is 37.1 Å². The minimum atomic E-state index is -3.63. The van der Waals surface area contributed by atoms with E-state index in [4.69, 9.17) is 4.74 Å². The fourth-order valence-corrected chi connectivity index (χ4v) is 4.54. The highest BCUT2D eigenvalue weighted by Gasteiger charge is 2.18. The van der Waals surface area contributed by atoms with Crippen LogP contribution in [0.3, 0.4) is 0 Å². The molecule has 3 rings (SSSR count). The van der Waals surface area contributed by atoms with E-state index in [-0.39, 0.29) is 0 Å². The van der Waals surface area contributed by atoms with Gasteiger partial charge in [-0.1, -0.05) is 42.5 Å². The van der Waals surface area contributed by atoms with Crippen molar-refractivity contribution in [3.05, 3.63) is 66.2 Å². The number of hydrogen-bond acceptors (Lipinski definition) is 4. The zero-order valence-corrected chi connectivity index (χ0v) is 17.3. The van der Waals surface area contributed by atoms with Crippen LogP contribution in [0.15, 0.2) is 65.6 Å². The third kappa shape index (κ3) is 4.29. The van der Waals surface area contributed by atoms with Crippen molar-refractivity contribution in [2.45, 2.75) is 18.2 Å². The first-order valence-electron chi connectivity index (χ1n) is 9.33. The molecule has 0 saturated heterocycles. The quantitative estimate of drug-likeness (QED) is 0.627. The Labute approximate surface area is 167 Å². The van der Waals surface area contributed by atoms with Crippen LogP contribution >= 0.6 is 0 Å². The summed E-state index contributed by atoms with van der Waals surface area (Å²) < 4.78 is 34.3. The summed E-state index contributed by atoms with van der Waals surface area (Å²) in [5.74, 6) is 0.796. The Balaban J connectivity index is 1.83. The van der Waals surface area contributed by atoms with Crippen molar-refractivity contribution in [3.8, 4) is 5.75 Å². The maximum atomic E-state index is 13.0. The average molecular weight is 399 g/mol. The Morgan fingerprint density at radius 2 is 1.64 bits per heavy atom. The number of ether oxygens (including phenoxy) is 1. The van der Waals surface area contributed by atoms with Gasteiger partial charge in [0.1, 0.15) is 5.75 Å². The SMILES string of the molecule is CCOc1ccccc1CCNS(=O)(=O)c1cccc2c(N(C)C)cccc12. The molecule has 0 spiro atoms. The Morgan fingerprint density at radius 1 is 0.929 bits per heavy atom. The molecule has 5 nitrogen and oxygen atoms in total. The van der Waals surface area contributed by atoms with Gasteiger partial charge in [0.2, 0.25) is 10.0 Å². The topological polar surface area (TPSA) is 58.6 Å². The van der Waals surface area contributed by atoms with Gasteiger partial charge in [-0.15, -0.1) is 0 Å². The molecule has 0 radical (unpaired) electrons. The number of nitrogens with zero attached hydrogens (tertiary/aromatic N) is 1. The van der Waals surface area contributed by atoms with Gasteiger partial charge in [0.15, 0.2) is 0 Å². The molecule has 0 heterocycles. The van der Waals surface area contributed by atoms with Crippen LogP contribution in [0.1, 0.15) is 12.5 Å². The first kappa shape index (κ1) is 20.2. The molecule has 0 atom stereocenters. The molecule has 0 aliphatic carbocycles. The van der Waals surface area contributed by atoms with E-state index in [0.29, 0.717) is 24.5 Å². The van der Waals surface area contributed by atoms with E-state index in [1.54, 1.807) is 12.1 Å². The van der Waals surface area contributed by atoms with Crippen LogP contribution < -0.4 is 14.4 Å². The Bertz CT molecular complexity index is 1060. The van der Waals surface area contributed by atoms with Crippen LogP contribution in [0.2, 0.25) is 0 Å². The molecule has 1 N–H and O–H groups in total.